The van der Waals surface area contributed by atoms with Gasteiger partial charge < -0.3 is 10.5 Å². The van der Waals surface area contributed by atoms with Gasteiger partial charge in [-0.05, 0) is 43.0 Å². The first-order chi connectivity index (χ1) is 7.98. The maximum atomic E-state index is 11.5. The predicted molar refractivity (Wildman–Crippen MR) is 68.9 cm³/mol. The summed E-state index contributed by atoms with van der Waals surface area (Å²) in [4.78, 5) is 11.5. The van der Waals surface area contributed by atoms with Gasteiger partial charge in [-0.3, -0.25) is 0 Å². The quantitative estimate of drug-likeness (QED) is 0.797. The summed E-state index contributed by atoms with van der Waals surface area (Å²) in [5.74, 6) is -0.267. The van der Waals surface area contributed by atoms with Crippen LogP contribution in [0.4, 0.5) is 0 Å². The Kier molecular flexibility index (Phi) is 4.70. The van der Waals surface area contributed by atoms with E-state index in [0.717, 1.165) is 6.42 Å². The number of esters is 1. The van der Waals surface area contributed by atoms with E-state index < -0.39 is 0 Å². The monoisotopic (exact) mass is 235 g/mol. The highest BCUT2D eigenvalue weighted by atomic mass is 16.5. The van der Waals surface area contributed by atoms with Crippen LogP contribution in [0.2, 0.25) is 0 Å². The Hall–Kier alpha value is -1.35. The number of hydrogen-bond acceptors (Lipinski definition) is 3. The molecule has 0 aliphatic heterocycles. The van der Waals surface area contributed by atoms with Gasteiger partial charge in [-0.2, -0.15) is 0 Å². The van der Waals surface area contributed by atoms with E-state index in [9.17, 15) is 4.79 Å². The van der Waals surface area contributed by atoms with Crippen molar-refractivity contribution in [2.45, 2.75) is 27.2 Å². The summed E-state index contributed by atoms with van der Waals surface area (Å²) >= 11 is 0. The van der Waals surface area contributed by atoms with Crippen molar-refractivity contribution < 1.29 is 9.53 Å². The van der Waals surface area contributed by atoms with E-state index in [1.165, 1.54) is 5.56 Å². The van der Waals surface area contributed by atoms with Crippen molar-refractivity contribution in [2.75, 3.05) is 13.2 Å². The van der Waals surface area contributed by atoms with Crippen molar-refractivity contribution in [3.63, 3.8) is 0 Å². The lowest BCUT2D eigenvalue weighted by atomic mass is 9.86. The summed E-state index contributed by atoms with van der Waals surface area (Å²) < 4.78 is 4.93. The molecule has 0 spiro atoms. The minimum Gasteiger partial charge on any atom is -0.462 e. The Morgan fingerprint density at radius 1 is 1.29 bits per heavy atom. The zero-order valence-electron chi connectivity index (χ0n) is 10.8. The number of benzene rings is 1. The van der Waals surface area contributed by atoms with Gasteiger partial charge in [0, 0.05) is 0 Å². The van der Waals surface area contributed by atoms with Gasteiger partial charge in [0.15, 0.2) is 0 Å². The van der Waals surface area contributed by atoms with Crippen LogP contribution in [0.15, 0.2) is 24.3 Å². The third kappa shape index (κ3) is 4.19. The highest BCUT2D eigenvalue weighted by Gasteiger charge is 2.16. The van der Waals surface area contributed by atoms with Crippen molar-refractivity contribution in [1.29, 1.82) is 0 Å². The van der Waals surface area contributed by atoms with Gasteiger partial charge in [-0.1, -0.05) is 26.0 Å². The number of nitrogens with two attached hydrogens (primary N) is 1. The Bertz CT molecular complexity index is 368. The average Bonchev–Trinajstić information content (AvgIpc) is 2.30. The standard InChI is InChI=1S/C14H21NO2/c1-4-17-13(16)12-7-5-11(6-8-12)9-14(2,3)10-15/h5-8H,4,9-10,15H2,1-3H3. The Balaban J connectivity index is 2.71. The molecule has 2 N–H and O–H groups in total. The molecule has 1 aromatic rings. The fourth-order valence-corrected chi connectivity index (χ4v) is 1.60. The van der Waals surface area contributed by atoms with E-state index in [1.807, 2.05) is 12.1 Å². The van der Waals surface area contributed by atoms with Crippen molar-refractivity contribution in [2.24, 2.45) is 11.1 Å². The van der Waals surface area contributed by atoms with E-state index in [0.29, 0.717) is 18.7 Å². The van der Waals surface area contributed by atoms with Gasteiger partial charge in [0.25, 0.3) is 0 Å². The molecule has 0 amide bonds. The number of ether oxygens (including phenoxy) is 1. The van der Waals surface area contributed by atoms with Crippen LogP contribution in [-0.4, -0.2) is 19.1 Å². The number of carbonyl (C=O) groups is 1. The zero-order valence-corrected chi connectivity index (χ0v) is 10.8. The molecule has 0 unspecified atom stereocenters. The molecule has 0 aliphatic carbocycles. The largest absolute Gasteiger partial charge is 0.462 e. The highest BCUT2D eigenvalue weighted by Crippen LogP contribution is 2.20. The van der Waals surface area contributed by atoms with Crippen molar-refractivity contribution in [1.82, 2.24) is 0 Å². The molecule has 0 atom stereocenters. The number of rotatable bonds is 5. The fraction of sp³-hybridized carbons (Fsp3) is 0.500. The van der Waals surface area contributed by atoms with Gasteiger partial charge in [-0.15, -0.1) is 0 Å². The molecule has 94 valence electrons. The Morgan fingerprint density at radius 2 is 1.88 bits per heavy atom. The molecule has 0 saturated carbocycles. The van der Waals surface area contributed by atoms with Gasteiger partial charge in [-0.25, -0.2) is 4.79 Å². The topological polar surface area (TPSA) is 52.3 Å². The zero-order chi connectivity index (χ0) is 12.9. The van der Waals surface area contributed by atoms with Crippen LogP contribution >= 0.6 is 0 Å². The molecular weight excluding hydrogens is 214 g/mol. The van der Waals surface area contributed by atoms with Gasteiger partial charge in [0.2, 0.25) is 0 Å². The first kappa shape index (κ1) is 13.7. The molecule has 0 aromatic heterocycles. The lowest BCUT2D eigenvalue weighted by molar-refractivity contribution is 0.0526. The maximum absolute atomic E-state index is 11.5. The van der Waals surface area contributed by atoms with E-state index in [-0.39, 0.29) is 11.4 Å². The molecule has 0 aliphatic rings. The van der Waals surface area contributed by atoms with Crippen LogP contribution in [0.1, 0.15) is 36.7 Å². The van der Waals surface area contributed by atoms with Crippen LogP contribution in [-0.2, 0) is 11.2 Å². The molecule has 0 bridgehead atoms. The summed E-state index contributed by atoms with van der Waals surface area (Å²) in [5.41, 5.74) is 7.57. The molecule has 0 saturated heterocycles. The highest BCUT2D eigenvalue weighted by molar-refractivity contribution is 5.89. The molecule has 0 heterocycles. The van der Waals surface area contributed by atoms with Gasteiger partial charge >= 0.3 is 5.97 Å². The van der Waals surface area contributed by atoms with Crippen molar-refractivity contribution >= 4 is 5.97 Å². The normalized spacial score (nSPS) is 11.3. The second kappa shape index (κ2) is 5.82. The van der Waals surface area contributed by atoms with Crippen LogP contribution in [0.3, 0.4) is 0 Å². The summed E-state index contributed by atoms with van der Waals surface area (Å²) in [5, 5.41) is 0. The average molecular weight is 235 g/mol. The molecule has 1 aromatic carbocycles. The summed E-state index contributed by atoms with van der Waals surface area (Å²) in [6.45, 7) is 7.11. The summed E-state index contributed by atoms with van der Waals surface area (Å²) in [6.07, 6.45) is 0.909. The third-order valence-corrected chi connectivity index (χ3v) is 2.70. The summed E-state index contributed by atoms with van der Waals surface area (Å²) in [6, 6.07) is 7.53. The molecule has 3 nitrogen and oxygen atoms in total. The molecule has 1 rings (SSSR count). The summed E-state index contributed by atoms with van der Waals surface area (Å²) in [7, 11) is 0. The Labute approximate surface area is 103 Å². The molecule has 3 heteroatoms. The van der Waals surface area contributed by atoms with Crippen molar-refractivity contribution in [3.8, 4) is 0 Å². The fourth-order valence-electron chi connectivity index (χ4n) is 1.60. The maximum Gasteiger partial charge on any atom is 0.338 e. The number of hydrogen-bond donors (Lipinski definition) is 1. The second-order valence-electron chi connectivity index (χ2n) is 4.96. The first-order valence-corrected chi connectivity index (χ1v) is 5.94. The van der Waals surface area contributed by atoms with Crippen LogP contribution in [0.5, 0.6) is 0 Å². The molecular formula is C14H21NO2. The second-order valence-corrected chi connectivity index (χ2v) is 4.96. The minimum absolute atomic E-state index is 0.0887. The molecule has 17 heavy (non-hydrogen) atoms. The predicted octanol–water partition coefficient (Wildman–Crippen LogP) is 2.39. The Morgan fingerprint density at radius 3 is 2.35 bits per heavy atom. The van der Waals surface area contributed by atoms with Crippen LogP contribution < -0.4 is 5.73 Å². The van der Waals surface area contributed by atoms with Crippen LogP contribution in [0.25, 0.3) is 0 Å². The van der Waals surface area contributed by atoms with Crippen LogP contribution in [0, 0.1) is 5.41 Å². The van der Waals surface area contributed by atoms with E-state index in [4.69, 9.17) is 10.5 Å². The minimum atomic E-state index is -0.267. The molecule has 0 fully saturated rings. The van der Waals surface area contributed by atoms with Gasteiger partial charge in [0.05, 0.1) is 12.2 Å². The third-order valence-electron chi connectivity index (χ3n) is 2.70. The van der Waals surface area contributed by atoms with E-state index in [2.05, 4.69) is 13.8 Å². The first-order valence-electron chi connectivity index (χ1n) is 5.94. The number of carbonyl (C=O) groups excluding carboxylic acids is 1. The lowest BCUT2D eigenvalue weighted by Crippen LogP contribution is -2.25. The van der Waals surface area contributed by atoms with Gasteiger partial charge in [0.1, 0.15) is 0 Å². The smallest absolute Gasteiger partial charge is 0.338 e. The van der Waals surface area contributed by atoms with Crippen molar-refractivity contribution in [3.05, 3.63) is 35.4 Å². The lowest BCUT2D eigenvalue weighted by Gasteiger charge is -2.22. The van der Waals surface area contributed by atoms with E-state index >= 15 is 0 Å². The molecule has 0 radical (unpaired) electrons. The SMILES string of the molecule is CCOC(=O)c1ccc(CC(C)(C)CN)cc1. The van der Waals surface area contributed by atoms with E-state index in [1.54, 1.807) is 19.1 Å².